The summed E-state index contributed by atoms with van der Waals surface area (Å²) in [6.07, 6.45) is 4.22. The second-order valence-electron chi connectivity index (χ2n) is 3.55. The van der Waals surface area contributed by atoms with E-state index in [1.54, 1.807) is 7.11 Å². The van der Waals surface area contributed by atoms with Gasteiger partial charge in [-0.2, -0.15) is 5.10 Å². The lowest BCUT2D eigenvalue weighted by molar-refractivity contribution is 0.191. The number of unbranched alkanes of at least 4 members (excludes halogenated alkanes) is 1. The van der Waals surface area contributed by atoms with Gasteiger partial charge in [-0.25, -0.2) is 0 Å². The lowest BCUT2D eigenvalue weighted by atomic mass is 10.3. The zero-order valence-electron chi connectivity index (χ0n) is 9.45. The van der Waals surface area contributed by atoms with Crippen molar-refractivity contribution < 1.29 is 4.74 Å². The molecule has 15 heavy (non-hydrogen) atoms. The molecule has 0 saturated heterocycles. The molecule has 0 aliphatic heterocycles. The molecule has 0 spiro atoms. The molecule has 0 aliphatic carbocycles. The molecule has 1 aromatic rings. The van der Waals surface area contributed by atoms with Gasteiger partial charge in [0.15, 0.2) is 4.77 Å². The van der Waals surface area contributed by atoms with E-state index in [4.69, 9.17) is 17.0 Å². The summed E-state index contributed by atoms with van der Waals surface area (Å²) in [5.41, 5.74) is 0. The molecule has 0 unspecified atom stereocenters. The maximum atomic E-state index is 5.18. The highest BCUT2D eigenvalue weighted by Gasteiger charge is 2.03. The maximum absolute atomic E-state index is 5.18. The zero-order valence-corrected chi connectivity index (χ0v) is 10.3. The molecule has 0 fully saturated rings. The van der Waals surface area contributed by atoms with E-state index in [0.717, 1.165) is 49.4 Å². The highest BCUT2D eigenvalue weighted by atomic mass is 32.1. The van der Waals surface area contributed by atoms with Gasteiger partial charge in [0.2, 0.25) is 0 Å². The first-order valence-electron chi connectivity index (χ1n) is 5.42. The number of nitrogens with one attached hydrogen (secondary N) is 1. The molecule has 1 heterocycles. The third kappa shape index (κ3) is 3.76. The first-order chi connectivity index (χ1) is 7.29. The molecular formula is C10H19N3OS. The standard InChI is InChI=1S/C10H19N3OS/c1-3-6-9-11-12-10(15)13(9)7-4-5-8-14-2/h3-8H2,1-2H3,(H,12,15). The van der Waals surface area contributed by atoms with Crippen molar-refractivity contribution in [3.05, 3.63) is 10.6 Å². The Morgan fingerprint density at radius 3 is 2.93 bits per heavy atom. The van der Waals surface area contributed by atoms with Crippen LogP contribution in [0.1, 0.15) is 32.0 Å². The second-order valence-corrected chi connectivity index (χ2v) is 3.93. The van der Waals surface area contributed by atoms with E-state index >= 15 is 0 Å². The third-order valence-corrected chi connectivity index (χ3v) is 2.60. The number of aromatic nitrogens is 3. The van der Waals surface area contributed by atoms with Crippen LogP contribution in [0.25, 0.3) is 0 Å². The van der Waals surface area contributed by atoms with Crippen LogP contribution in [0.2, 0.25) is 0 Å². The molecule has 0 radical (unpaired) electrons. The van der Waals surface area contributed by atoms with Crippen LogP contribution in [0, 0.1) is 4.77 Å². The molecule has 0 atom stereocenters. The van der Waals surface area contributed by atoms with Gasteiger partial charge in [-0.05, 0) is 31.5 Å². The van der Waals surface area contributed by atoms with Gasteiger partial charge in [0.05, 0.1) is 0 Å². The van der Waals surface area contributed by atoms with E-state index in [1.165, 1.54) is 0 Å². The first kappa shape index (κ1) is 12.4. The van der Waals surface area contributed by atoms with Gasteiger partial charge in [0.1, 0.15) is 5.82 Å². The van der Waals surface area contributed by atoms with Crippen molar-refractivity contribution in [1.82, 2.24) is 14.8 Å². The average molecular weight is 229 g/mol. The summed E-state index contributed by atoms with van der Waals surface area (Å²) in [7, 11) is 1.73. The van der Waals surface area contributed by atoms with Crippen LogP contribution < -0.4 is 0 Å². The largest absolute Gasteiger partial charge is 0.385 e. The van der Waals surface area contributed by atoms with Crippen molar-refractivity contribution in [2.24, 2.45) is 0 Å². The number of aryl methyl sites for hydroxylation is 1. The summed E-state index contributed by atoms with van der Waals surface area (Å²) in [5, 5.41) is 7.07. The predicted octanol–water partition coefficient (Wildman–Crippen LogP) is 2.32. The first-order valence-corrected chi connectivity index (χ1v) is 5.83. The van der Waals surface area contributed by atoms with Crippen molar-refractivity contribution in [2.45, 2.75) is 39.2 Å². The summed E-state index contributed by atoms with van der Waals surface area (Å²) in [4.78, 5) is 0. The monoisotopic (exact) mass is 229 g/mol. The van der Waals surface area contributed by atoms with Gasteiger partial charge in [-0.3, -0.25) is 5.10 Å². The normalized spacial score (nSPS) is 10.8. The molecule has 86 valence electrons. The summed E-state index contributed by atoms with van der Waals surface area (Å²) >= 11 is 5.18. The Morgan fingerprint density at radius 1 is 1.47 bits per heavy atom. The van der Waals surface area contributed by atoms with Crippen LogP contribution in [0.4, 0.5) is 0 Å². The van der Waals surface area contributed by atoms with Gasteiger partial charge in [-0.1, -0.05) is 6.92 Å². The van der Waals surface area contributed by atoms with Crippen LogP contribution in [-0.2, 0) is 17.7 Å². The minimum absolute atomic E-state index is 0.732. The van der Waals surface area contributed by atoms with Gasteiger partial charge < -0.3 is 9.30 Å². The molecule has 0 aliphatic rings. The Hall–Kier alpha value is -0.680. The lowest BCUT2D eigenvalue weighted by Gasteiger charge is -2.05. The number of ether oxygens (including phenoxy) is 1. The molecule has 1 rings (SSSR count). The summed E-state index contributed by atoms with van der Waals surface area (Å²) < 4.78 is 7.83. The van der Waals surface area contributed by atoms with Crippen LogP contribution in [0.15, 0.2) is 0 Å². The minimum Gasteiger partial charge on any atom is -0.385 e. The number of H-pyrrole nitrogens is 1. The molecule has 1 aromatic heterocycles. The van der Waals surface area contributed by atoms with Gasteiger partial charge in [-0.15, -0.1) is 0 Å². The summed E-state index contributed by atoms with van der Waals surface area (Å²) in [6, 6.07) is 0. The SMILES string of the molecule is CCCc1n[nH]c(=S)n1CCCCOC. The highest BCUT2D eigenvalue weighted by Crippen LogP contribution is 2.04. The Morgan fingerprint density at radius 2 is 2.27 bits per heavy atom. The number of rotatable bonds is 7. The number of nitrogens with zero attached hydrogens (tertiary/aromatic N) is 2. The van der Waals surface area contributed by atoms with E-state index < -0.39 is 0 Å². The quantitative estimate of drug-likeness (QED) is 0.576. The zero-order chi connectivity index (χ0) is 11.1. The van der Waals surface area contributed by atoms with E-state index in [2.05, 4.69) is 21.7 Å². The molecule has 0 saturated carbocycles. The van der Waals surface area contributed by atoms with Crippen molar-refractivity contribution in [1.29, 1.82) is 0 Å². The topological polar surface area (TPSA) is 42.8 Å². The molecule has 5 heteroatoms. The predicted molar refractivity (Wildman–Crippen MR) is 62.5 cm³/mol. The molecule has 0 bridgehead atoms. The second kappa shape index (κ2) is 6.74. The van der Waals surface area contributed by atoms with Crippen LogP contribution in [0.5, 0.6) is 0 Å². The maximum Gasteiger partial charge on any atom is 0.195 e. The number of hydrogen-bond donors (Lipinski definition) is 1. The van der Waals surface area contributed by atoms with E-state index in [0.29, 0.717) is 0 Å². The molecule has 1 N–H and O–H groups in total. The Balaban J connectivity index is 2.50. The van der Waals surface area contributed by atoms with Gasteiger partial charge in [0, 0.05) is 26.7 Å². The molecule has 0 aromatic carbocycles. The smallest absolute Gasteiger partial charge is 0.195 e. The minimum atomic E-state index is 0.732. The van der Waals surface area contributed by atoms with Crippen LogP contribution >= 0.6 is 12.2 Å². The Labute approximate surface area is 95.7 Å². The fourth-order valence-electron chi connectivity index (χ4n) is 1.51. The third-order valence-electron chi connectivity index (χ3n) is 2.29. The fraction of sp³-hybridized carbons (Fsp3) is 0.800. The summed E-state index contributed by atoms with van der Waals surface area (Å²) in [6.45, 7) is 3.90. The molecular weight excluding hydrogens is 210 g/mol. The van der Waals surface area contributed by atoms with E-state index in [9.17, 15) is 0 Å². The van der Waals surface area contributed by atoms with Crippen LogP contribution in [-0.4, -0.2) is 28.5 Å². The number of methoxy groups -OCH3 is 1. The number of aromatic amines is 1. The van der Waals surface area contributed by atoms with Crippen molar-refractivity contribution in [3.8, 4) is 0 Å². The molecule has 4 nitrogen and oxygen atoms in total. The van der Waals surface area contributed by atoms with Gasteiger partial charge >= 0.3 is 0 Å². The highest BCUT2D eigenvalue weighted by molar-refractivity contribution is 7.71. The van der Waals surface area contributed by atoms with Gasteiger partial charge in [0.25, 0.3) is 0 Å². The Kier molecular flexibility index (Phi) is 5.57. The van der Waals surface area contributed by atoms with Crippen molar-refractivity contribution in [3.63, 3.8) is 0 Å². The Bertz CT molecular complexity index is 332. The van der Waals surface area contributed by atoms with E-state index in [1.807, 2.05) is 0 Å². The van der Waals surface area contributed by atoms with Crippen molar-refractivity contribution >= 4 is 12.2 Å². The summed E-state index contributed by atoms with van der Waals surface area (Å²) in [5.74, 6) is 1.07. The number of hydrogen-bond acceptors (Lipinski definition) is 3. The van der Waals surface area contributed by atoms with Crippen molar-refractivity contribution in [2.75, 3.05) is 13.7 Å². The van der Waals surface area contributed by atoms with Crippen LogP contribution in [0.3, 0.4) is 0 Å². The average Bonchev–Trinajstić information content (AvgIpc) is 2.56. The lowest BCUT2D eigenvalue weighted by Crippen LogP contribution is -2.05. The van der Waals surface area contributed by atoms with E-state index in [-0.39, 0.29) is 0 Å². The fourth-order valence-corrected chi connectivity index (χ4v) is 1.75. The molecule has 0 amide bonds.